The van der Waals surface area contributed by atoms with Crippen LogP contribution in [-0.4, -0.2) is 28.7 Å². The molecule has 1 atom stereocenters. The zero-order valence-corrected chi connectivity index (χ0v) is 11.4. The number of benzene rings is 1. The van der Waals surface area contributed by atoms with E-state index in [0.29, 0.717) is 31.5 Å². The third-order valence-electron chi connectivity index (χ3n) is 3.98. The molecular formula is C15H15N3O3. The van der Waals surface area contributed by atoms with Crippen LogP contribution in [0.25, 0.3) is 0 Å². The standard InChI is InChI=1S/C15H15N3O3/c16-6-9-1-2-11-10(5-9)7-18(15(11)21)13-3-4-14(20)17-12(13)8-19/h1-2,5,13H,3-4,6-7,16H2,(H,17,20). The number of amides is 2. The summed E-state index contributed by atoms with van der Waals surface area (Å²) >= 11 is 0. The minimum Gasteiger partial charge on any atom is -0.326 e. The number of carbonyl (C=O) groups excluding carboxylic acids is 3. The van der Waals surface area contributed by atoms with E-state index >= 15 is 0 Å². The average molecular weight is 285 g/mol. The van der Waals surface area contributed by atoms with Crippen LogP contribution >= 0.6 is 0 Å². The van der Waals surface area contributed by atoms with Gasteiger partial charge in [-0.15, -0.1) is 0 Å². The lowest BCUT2D eigenvalue weighted by Crippen LogP contribution is -2.46. The van der Waals surface area contributed by atoms with Gasteiger partial charge in [0.15, 0.2) is 0 Å². The predicted molar refractivity (Wildman–Crippen MR) is 74.6 cm³/mol. The highest BCUT2D eigenvalue weighted by Crippen LogP contribution is 2.29. The van der Waals surface area contributed by atoms with Crippen LogP contribution in [0.1, 0.15) is 34.3 Å². The van der Waals surface area contributed by atoms with E-state index in [-0.39, 0.29) is 17.5 Å². The first-order valence-electron chi connectivity index (χ1n) is 6.81. The molecule has 0 spiro atoms. The summed E-state index contributed by atoms with van der Waals surface area (Å²) in [7, 11) is 0. The minimum absolute atomic E-state index is 0.123. The summed E-state index contributed by atoms with van der Waals surface area (Å²) in [4.78, 5) is 36.5. The van der Waals surface area contributed by atoms with Gasteiger partial charge in [0.05, 0.1) is 6.04 Å². The quantitative estimate of drug-likeness (QED) is 0.753. The van der Waals surface area contributed by atoms with Crippen molar-refractivity contribution in [2.24, 2.45) is 5.73 Å². The molecule has 3 rings (SSSR count). The van der Waals surface area contributed by atoms with Gasteiger partial charge < -0.3 is 16.0 Å². The first-order valence-corrected chi connectivity index (χ1v) is 6.81. The molecule has 1 unspecified atom stereocenters. The van der Waals surface area contributed by atoms with Gasteiger partial charge in [-0.05, 0) is 23.6 Å². The van der Waals surface area contributed by atoms with E-state index in [1.54, 1.807) is 16.9 Å². The number of hydrogen-bond donors (Lipinski definition) is 2. The number of fused-ring (bicyclic) bond motifs is 1. The topological polar surface area (TPSA) is 92.5 Å². The van der Waals surface area contributed by atoms with Crippen molar-refractivity contribution in [1.29, 1.82) is 0 Å². The smallest absolute Gasteiger partial charge is 0.255 e. The van der Waals surface area contributed by atoms with Crippen LogP contribution in [0.3, 0.4) is 0 Å². The molecule has 1 saturated heterocycles. The monoisotopic (exact) mass is 285 g/mol. The van der Waals surface area contributed by atoms with E-state index in [1.807, 2.05) is 12.1 Å². The second-order valence-electron chi connectivity index (χ2n) is 5.25. The second-order valence-corrected chi connectivity index (χ2v) is 5.25. The molecule has 2 aliphatic rings. The molecule has 1 fully saturated rings. The Labute approximate surface area is 121 Å². The van der Waals surface area contributed by atoms with Crippen molar-refractivity contribution >= 4 is 17.8 Å². The van der Waals surface area contributed by atoms with Crippen molar-refractivity contribution in [1.82, 2.24) is 10.2 Å². The number of hydrogen-bond acceptors (Lipinski definition) is 4. The van der Waals surface area contributed by atoms with Crippen LogP contribution in [0, 0.1) is 0 Å². The third kappa shape index (κ3) is 2.24. The fourth-order valence-electron chi connectivity index (χ4n) is 2.89. The largest absolute Gasteiger partial charge is 0.326 e. The number of nitrogens with two attached hydrogens (primary N) is 1. The van der Waals surface area contributed by atoms with Gasteiger partial charge >= 0.3 is 0 Å². The molecule has 3 N–H and O–H groups in total. The summed E-state index contributed by atoms with van der Waals surface area (Å²) in [5.74, 6) is 1.42. The van der Waals surface area contributed by atoms with Gasteiger partial charge in [-0.2, -0.15) is 0 Å². The molecule has 0 aromatic heterocycles. The van der Waals surface area contributed by atoms with Gasteiger partial charge in [0.2, 0.25) is 5.91 Å². The average Bonchev–Trinajstić information content (AvgIpc) is 2.83. The fourth-order valence-corrected chi connectivity index (χ4v) is 2.89. The lowest BCUT2D eigenvalue weighted by molar-refractivity contribution is -0.121. The number of nitrogens with zero attached hydrogens (tertiary/aromatic N) is 1. The van der Waals surface area contributed by atoms with Gasteiger partial charge in [-0.1, -0.05) is 12.1 Å². The SMILES string of the molecule is NCc1ccc2c(c1)CN(C1CCC(=O)NC1=C=O)C2=O. The van der Waals surface area contributed by atoms with E-state index in [1.165, 1.54) is 0 Å². The lowest BCUT2D eigenvalue weighted by atomic mass is 10.0. The number of rotatable bonds is 2. The minimum atomic E-state index is -0.415. The Kier molecular flexibility index (Phi) is 3.33. The molecule has 2 aliphatic heterocycles. The normalized spacial score (nSPS) is 21.1. The van der Waals surface area contributed by atoms with Gasteiger partial charge in [0.25, 0.3) is 5.91 Å². The zero-order chi connectivity index (χ0) is 15.0. The van der Waals surface area contributed by atoms with Crippen LogP contribution < -0.4 is 11.1 Å². The first-order chi connectivity index (χ1) is 10.1. The van der Waals surface area contributed by atoms with Crippen molar-refractivity contribution in [2.45, 2.75) is 32.0 Å². The zero-order valence-electron chi connectivity index (χ0n) is 11.4. The number of piperidine rings is 1. The van der Waals surface area contributed by atoms with Crippen molar-refractivity contribution in [3.8, 4) is 0 Å². The second kappa shape index (κ2) is 5.16. The molecule has 1 aromatic rings. The van der Waals surface area contributed by atoms with Crippen molar-refractivity contribution in [3.63, 3.8) is 0 Å². The summed E-state index contributed by atoms with van der Waals surface area (Å²) in [5.41, 5.74) is 8.26. The molecular weight excluding hydrogens is 270 g/mol. The van der Waals surface area contributed by atoms with Crippen molar-refractivity contribution in [3.05, 3.63) is 40.6 Å². The number of nitrogens with one attached hydrogen (secondary N) is 1. The fraction of sp³-hybridized carbons (Fsp3) is 0.333. The van der Waals surface area contributed by atoms with Crippen LogP contribution in [0.4, 0.5) is 0 Å². The Morgan fingerprint density at radius 2 is 2.19 bits per heavy atom. The Bertz CT molecular complexity index is 677. The third-order valence-corrected chi connectivity index (χ3v) is 3.98. The molecule has 21 heavy (non-hydrogen) atoms. The van der Waals surface area contributed by atoms with Gasteiger partial charge in [0.1, 0.15) is 11.6 Å². The maximum atomic E-state index is 12.5. The highest BCUT2D eigenvalue weighted by atomic mass is 16.2. The van der Waals surface area contributed by atoms with Crippen molar-refractivity contribution < 1.29 is 14.4 Å². The van der Waals surface area contributed by atoms with Gasteiger partial charge in [0, 0.05) is 25.1 Å². The summed E-state index contributed by atoms with van der Waals surface area (Å²) in [5, 5.41) is 2.50. The lowest BCUT2D eigenvalue weighted by Gasteiger charge is -2.31. The molecule has 6 heteroatoms. The molecule has 1 aromatic carbocycles. The summed E-state index contributed by atoms with van der Waals surface area (Å²) < 4.78 is 0. The van der Waals surface area contributed by atoms with Crippen molar-refractivity contribution in [2.75, 3.05) is 0 Å². The van der Waals surface area contributed by atoms with Gasteiger partial charge in [-0.3, -0.25) is 9.59 Å². The Balaban J connectivity index is 1.90. The molecule has 108 valence electrons. The predicted octanol–water partition coefficient (Wildman–Crippen LogP) is 0.0952. The van der Waals surface area contributed by atoms with Crippen LogP contribution in [-0.2, 0) is 22.7 Å². The molecule has 0 bridgehead atoms. The van der Waals surface area contributed by atoms with Gasteiger partial charge in [-0.25, -0.2) is 4.79 Å². The maximum absolute atomic E-state index is 12.5. The Morgan fingerprint density at radius 3 is 2.90 bits per heavy atom. The van der Waals surface area contributed by atoms with E-state index in [0.717, 1.165) is 11.1 Å². The summed E-state index contributed by atoms with van der Waals surface area (Å²) in [6.07, 6.45) is 0.740. The number of carbonyl (C=O) groups is 2. The molecule has 6 nitrogen and oxygen atoms in total. The molecule has 0 aliphatic carbocycles. The maximum Gasteiger partial charge on any atom is 0.255 e. The molecule has 2 heterocycles. The van der Waals surface area contributed by atoms with Crippen LogP contribution in [0.5, 0.6) is 0 Å². The highest BCUT2D eigenvalue weighted by molar-refractivity contribution is 5.99. The van der Waals surface area contributed by atoms with E-state index < -0.39 is 6.04 Å². The summed E-state index contributed by atoms with van der Waals surface area (Å²) in [6.45, 7) is 0.841. The van der Waals surface area contributed by atoms with E-state index in [2.05, 4.69) is 5.32 Å². The van der Waals surface area contributed by atoms with E-state index in [4.69, 9.17) is 5.73 Å². The molecule has 0 radical (unpaired) electrons. The summed E-state index contributed by atoms with van der Waals surface area (Å²) in [6, 6.07) is 5.10. The Morgan fingerprint density at radius 1 is 1.38 bits per heavy atom. The molecule has 2 amide bonds. The van der Waals surface area contributed by atoms with E-state index in [9.17, 15) is 14.4 Å². The Hall–Kier alpha value is -2.43. The highest BCUT2D eigenvalue weighted by Gasteiger charge is 2.37. The van der Waals surface area contributed by atoms with Crippen LogP contribution in [0.2, 0.25) is 0 Å². The molecule has 0 saturated carbocycles. The van der Waals surface area contributed by atoms with Crippen LogP contribution in [0.15, 0.2) is 23.9 Å². The first kappa shape index (κ1) is 13.5.